The van der Waals surface area contributed by atoms with E-state index in [1.807, 2.05) is 13.0 Å². The Hall–Kier alpha value is -3.08. The van der Waals surface area contributed by atoms with Crippen molar-refractivity contribution < 1.29 is 17.9 Å². The zero-order valence-electron chi connectivity index (χ0n) is 20.2. The molecule has 2 aliphatic carbocycles. The molecule has 3 aromatic rings. The lowest BCUT2D eigenvalue weighted by molar-refractivity contribution is -0.115. The summed E-state index contributed by atoms with van der Waals surface area (Å²) in [5, 5.41) is 8.00. The van der Waals surface area contributed by atoms with Crippen LogP contribution in [0.4, 0.5) is 24.9 Å². The van der Waals surface area contributed by atoms with Gasteiger partial charge in [0.2, 0.25) is 11.9 Å². The summed E-state index contributed by atoms with van der Waals surface area (Å²) in [7, 11) is 0. The lowest BCUT2D eigenvalue weighted by atomic mass is 9.81. The number of piperidine rings is 1. The zero-order valence-corrected chi connectivity index (χ0v) is 21.0. The van der Waals surface area contributed by atoms with Crippen molar-refractivity contribution in [3.05, 3.63) is 47.1 Å². The molecule has 2 saturated carbocycles. The Labute approximate surface area is 217 Å². The molecule has 0 spiro atoms. The van der Waals surface area contributed by atoms with E-state index in [2.05, 4.69) is 30.3 Å². The number of nitrogens with zero attached hydrogens (tertiary/aromatic N) is 6. The van der Waals surface area contributed by atoms with E-state index in [1.54, 1.807) is 6.33 Å². The van der Waals surface area contributed by atoms with Gasteiger partial charge in [-0.3, -0.25) is 0 Å². The van der Waals surface area contributed by atoms with Gasteiger partial charge in [-0.1, -0.05) is 11.6 Å². The molecule has 0 radical (unpaired) electrons. The van der Waals surface area contributed by atoms with Gasteiger partial charge in [0.25, 0.3) is 0 Å². The maximum atomic E-state index is 13.6. The fourth-order valence-electron chi connectivity index (χ4n) is 5.80. The summed E-state index contributed by atoms with van der Waals surface area (Å²) >= 11 is 5.90. The van der Waals surface area contributed by atoms with Gasteiger partial charge in [-0.15, -0.1) is 5.10 Å². The predicted octanol–water partition coefficient (Wildman–Crippen LogP) is 5.33. The molecular formula is C25H27ClF3N7O. The van der Waals surface area contributed by atoms with E-state index >= 15 is 0 Å². The number of halogens is 4. The van der Waals surface area contributed by atoms with E-state index in [-0.39, 0.29) is 42.4 Å². The van der Waals surface area contributed by atoms with Crippen LogP contribution >= 0.6 is 11.6 Å². The van der Waals surface area contributed by atoms with Crippen LogP contribution in [0.3, 0.4) is 0 Å². The molecule has 1 saturated heterocycles. The molecule has 1 aliphatic heterocycles. The summed E-state index contributed by atoms with van der Waals surface area (Å²) in [6.45, 7) is 3.94. The van der Waals surface area contributed by atoms with Gasteiger partial charge in [0.05, 0.1) is 5.02 Å². The molecule has 3 atom stereocenters. The first-order valence-electron chi connectivity index (χ1n) is 12.5. The Kier molecular flexibility index (Phi) is 6.13. The Morgan fingerprint density at radius 3 is 2.57 bits per heavy atom. The smallest absolute Gasteiger partial charge is 0.322 e. The molecule has 2 bridgehead atoms. The average Bonchev–Trinajstić information content (AvgIpc) is 3.29. The number of anilines is 2. The molecule has 3 fully saturated rings. The molecule has 37 heavy (non-hydrogen) atoms. The van der Waals surface area contributed by atoms with Crippen molar-refractivity contribution >= 4 is 23.4 Å². The van der Waals surface area contributed by atoms with Gasteiger partial charge in [0.15, 0.2) is 0 Å². The number of benzene rings is 1. The number of hydrogen-bond acceptors (Lipinski definition) is 7. The fourth-order valence-corrected chi connectivity index (χ4v) is 5.97. The van der Waals surface area contributed by atoms with Crippen molar-refractivity contribution in [2.24, 2.45) is 17.8 Å². The number of aryl methyl sites for hydroxylation is 1. The second-order valence-electron chi connectivity index (χ2n) is 10.4. The van der Waals surface area contributed by atoms with Crippen molar-refractivity contribution in [1.82, 2.24) is 24.7 Å². The second-order valence-corrected chi connectivity index (χ2v) is 10.8. The van der Waals surface area contributed by atoms with Crippen molar-refractivity contribution in [3.8, 4) is 11.8 Å². The first-order chi connectivity index (χ1) is 17.7. The van der Waals surface area contributed by atoms with Crippen LogP contribution in [0, 0.1) is 30.5 Å². The highest BCUT2D eigenvalue weighted by atomic mass is 35.5. The third-order valence-electron chi connectivity index (χ3n) is 7.59. The van der Waals surface area contributed by atoms with Crippen LogP contribution in [-0.4, -0.2) is 49.8 Å². The number of nitrogens with one attached hydrogen (secondary N) is 1. The van der Waals surface area contributed by atoms with E-state index < -0.39 is 11.7 Å². The van der Waals surface area contributed by atoms with Crippen molar-refractivity contribution in [2.45, 2.75) is 51.1 Å². The van der Waals surface area contributed by atoms with Gasteiger partial charge in [0.1, 0.15) is 23.7 Å². The number of rotatable bonds is 7. The molecule has 2 aromatic heterocycles. The van der Waals surface area contributed by atoms with Gasteiger partial charge in [-0.25, -0.2) is 27.8 Å². The molecule has 3 heterocycles. The molecule has 0 amide bonds. The molecular weight excluding hydrogens is 507 g/mol. The Morgan fingerprint density at radius 1 is 1.14 bits per heavy atom. The number of fused-ring (bicyclic) bond motifs is 2. The largest absolute Gasteiger partial charge is 0.424 e. The van der Waals surface area contributed by atoms with Gasteiger partial charge in [0, 0.05) is 56.3 Å². The van der Waals surface area contributed by atoms with Crippen LogP contribution < -0.4 is 15.0 Å². The van der Waals surface area contributed by atoms with Crippen LogP contribution in [-0.2, 0) is 6.54 Å². The van der Waals surface area contributed by atoms with E-state index in [0.29, 0.717) is 23.5 Å². The number of hydrogen-bond donors (Lipinski definition) is 1. The summed E-state index contributed by atoms with van der Waals surface area (Å²) in [5.41, 5.74) is 0.937. The lowest BCUT2D eigenvalue weighted by Gasteiger charge is -2.38. The van der Waals surface area contributed by atoms with Gasteiger partial charge in [-0.2, -0.15) is 4.98 Å². The minimum absolute atomic E-state index is 0.0808. The van der Waals surface area contributed by atoms with Crippen molar-refractivity contribution in [1.29, 1.82) is 0 Å². The van der Waals surface area contributed by atoms with Crippen LogP contribution in [0.1, 0.15) is 31.4 Å². The zero-order chi connectivity index (χ0) is 25.7. The van der Waals surface area contributed by atoms with Gasteiger partial charge in [-0.05, 0) is 49.7 Å². The van der Waals surface area contributed by atoms with Crippen molar-refractivity contribution in [3.63, 3.8) is 0 Å². The van der Waals surface area contributed by atoms with Crippen LogP contribution in [0.5, 0.6) is 11.8 Å². The highest BCUT2D eigenvalue weighted by Gasteiger charge is 2.46. The van der Waals surface area contributed by atoms with Crippen molar-refractivity contribution in [2.75, 3.05) is 23.3 Å². The highest BCUT2D eigenvalue weighted by molar-refractivity contribution is 6.30. The molecule has 6 rings (SSSR count). The summed E-state index contributed by atoms with van der Waals surface area (Å²) in [6.07, 6.45) is 3.38. The Morgan fingerprint density at radius 2 is 1.89 bits per heavy atom. The van der Waals surface area contributed by atoms with Gasteiger partial charge < -0.3 is 15.0 Å². The topological polar surface area (TPSA) is 81.0 Å². The SMILES string of the molecule is Cc1cc(N2C[C@H]3CC[C@@H](C2)[C@@H]3Nc2nc(Oc3ccc(F)c(Cl)c3)n(CC3CC(F)(F)C3)n2)ncn1. The molecule has 0 unspecified atom stereocenters. The molecule has 3 aliphatic rings. The van der Waals surface area contributed by atoms with Crippen LogP contribution in [0.2, 0.25) is 5.02 Å². The third kappa shape index (κ3) is 5.05. The second kappa shape index (κ2) is 9.34. The standard InChI is InChI=1S/C25H27ClF3N7O/c1-14-6-21(31-13-30-14)35-11-16-2-3-17(12-35)22(16)32-23-33-24(37-18-4-5-20(27)19(26)7-18)36(34-23)10-15-8-25(28,29)9-15/h4-7,13,15-17,22H,2-3,8-12H2,1H3,(H,32,34)/t16-,17+,22-. The minimum atomic E-state index is -2.63. The van der Waals surface area contributed by atoms with E-state index in [1.165, 1.54) is 22.9 Å². The lowest BCUT2D eigenvalue weighted by Crippen LogP contribution is -2.48. The van der Waals surface area contributed by atoms with Crippen LogP contribution in [0.15, 0.2) is 30.6 Å². The molecule has 8 nitrogen and oxygen atoms in total. The average molecular weight is 534 g/mol. The first kappa shape index (κ1) is 24.3. The van der Waals surface area contributed by atoms with E-state index in [9.17, 15) is 13.2 Å². The minimum Gasteiger partial charge on any atom is -0.424 e. The molecule has 1 aromatic carbocycles. The van der Waals surface area contributed by atoms with E-state index in [4.69, 9.17) is 16.3 Å². The van der Waals surface area contributed by atoms with Crippen LogP contribution in [0.25, 0.3) is 0 Å². The number of ether oxygens (including phenoxy) is 1. The summed E-state index contributed by atoms with van der Waals surface area (Å²) < 4.78 is 47.9. The predicted molar refractivity (Wildman–Crippen MR) is 132 cm³/mol. The quantitative estimate of drug-likeness (QED) is 0.439. The fraction of sp³-hybridized carbons (Fsp3) is 0.520. The summed E-state index contributed by atoms with van der Waals surface area (Å²) in [5.74, 6) is -1.03. The summed E-state index contributed by atoms with van der Waals surface area (Å²) in [6, 6.07) is 6.33. The Bertz CT molecular complexity index is 1280. The normalized spacial score (nSPS) is 24.7. The highest BCUT2D eigenvalue weighted by Crippen LogP contribution is 2.44. The van der Waals surface area contributed by atoms with E-state index in [0.717, 1.165) is 37.4 Å². The summed E-state index contributed by atoms with van der Waals surface area (Å²) in [4.78, 5) is 15.5. The molecule has 196 valence electrons. The molecule has 12 heteroatoms. The maximum Gasteiger partial charge on any atom is 0.322 e. The number of aromatic nitrogens is 5. The van der Waals surface area contributed by atoms with Gasteiger partial charge >= 0.3 is 6.01 Å². The third-order valence-corrected chi connectivity index (χ3v) is 7.88. The maximum absolute atomic E-state index is 13.6. The first-order valence-corrected chi connectivity index (χ1v) is 12.9. The Balaban J connectivity index is 1.20. The number of alkyl halides is 2. The monoisotopic (exact) mass is 533 g/mol. The molecule has 1 N–H and O–H groups in total.